The van der Waals surface area contributed by atoms with Gasteiger partial charge in [-0.25, -0.2) is 4.79 Å². The van der Waals surface area contributed by atoms with Gasteiger partial charge in [0.25, 0.3) is 0 Å². The fourth-order valence-corrected chi connectivity index (χ4v) is 8.88. The highest BCUT2D eigenvalue weighted by Crippen LogP contribution is 2.66. The minimum atomic E-state index is -0.769. The van der Waals surface area contributed by atoms with Gasteiger partial charge in [0, 0.05) is 28.8 Å². The minimum absolute atomic E-state index is 0.0757. The third-order valence-corrected chi connectivity index (χ3v) is 10.7. The zero-order valence-corrected chi connectivity index (χ0v) is 20.9. The maximum absolute atomic E-state index is 13.4. The number of thiophene rings is 1. The standard InChI is InChI=1S/C28H37NO3S/c1-17(15-20-5-4-14-33-20)29-25(30)24-9-8-22-21-7-6-19-16-18(26(31)32)10-12-27(19,2)23(21)11-13-28(22,24)3/h4-6,14,16-17,21-24H,7-13,15H2,1-3H3,(H,29,30)(H,31,32)/t17?,21-,22-,23-,24+,27-,28-/m0/s1. The van der Waals surface area contributed by atoms with Crippen LogP contribution >= 0.6 is 11.3 Å². The van der Waals surface area contributed by atoms with E-state index in [1.807, 2.05) is 6.08 Å². The molecule has 0 bridgehead atoms. The molecule has 0 saturated heterocycles. The molecule has 5 heteroatoms. The van der Waals surface area contributed by atoms with Gasteiger partial charge in [-0.1, -0.05) is 26.0 Å². The summed E-state index contributed by atoms with van der Waals surface area (Å²) in [4.78, 5) is 26.3. The molecule has 1 heterocycles. The van der Waals surface area contributed by atoms with Crippen LogP contribution in [0.25, 0.3) is 0 Å². The van der Waals surface area contributed by atoms with Crippen LogP contribution in [0.15, 0.2) is 40.8 Å². The van der Waals surface area contributed by atoms with E-state index in [2.05, 4.69) is 49.7 Å². The summed E-state index contributed by atoms with van der Waals surface area (Å²) in [5.41, 5.74) is 1.98. The molecular formula is C28H37NO3S. The van der Waals surface area contributed by atoms with Gasteiger partial charge >= 0.3 is 5.97 Å². The van der Waals surface area contributed by atoms with Gasteiger partial charge in [-0.2, -0.15) is 0 Å². The Morgan fingerprint density at radius 2 is 2.03 bits per heavy atom. The molecule has 2 fully saturated rings. The first-order chi connectivity index (χ1) is 15.7. The van der Waals surface area contributed by atoms with Crippen molar-refractivity contribution in [2.45, 2.75) is 78.2 Å². The number of hydrogen-bond donors (Lipinski definition) is 2. The van der Waals surface area contributed by atoms with E-state index >= 15 is 0 Å². The van der Waals surface area contributed by atoms with Crippen LogP contribution in [0, 0.1) is 34.5 Å². The Balaban J connectivity index is 1.32. The molecule has 4 aliphatic rings. The lowest BCUT2D eigenvalue weighted by Gasteiger charge is -2.57. The number of amides is 1. The lowest BCUT2D eigenvalue weighted by Crippen LogP contribution is -2.51. The van der Waals surface area contributed by atoms with Gasteiger partial charge in [-0.3, -0.25) is 4.79 Å². The van der Waals surface area contributed by atoms with Gasteiger partial charge in [0.2, 0.25) is 5.91 Å². The van der Waals surface area contributed by atoms with Crippen molar-refractivity contribution in [3.63, 3.8) is 0 Å². The number of nitrogens with one attached hydrogen (secondary N) is 1. The summed E-state index contributed by atoms with van der Waals surface area (Å²) >= 11 is 1.76. The molecule has 4 aliphatic carbocycles. The Hall–Kier alpha value is -1.88. The smallest absolute Gasteiger partial charge is 0.331 e. The molecular weight excluding hydrogens is 430 g/mol. The van der Waals surface area contributed by atoms with E-state index in [1.165, 1.54) is 10.5 Å². The van der Waals surface area contributed by atoms with Gasteiger partial charge in [-0.05, 0) is 104 Å². The van der Waals surface area contributed by atoms with Gasteiger partial charge < -0.3 is 10.4 Å². The lowest BCUT2D eigenvalue weighted by atomic mass is 9.48. The molecule has 7 atom stereocenters. The molecule has 0 aliphatic heterocycles. The number of fused-ring (bicyclic) bond motifs is 5. The van der Waals surface area contributed by atoms with Gasteiger partial charge in [0.1, 0.15) is 0 Å². The van der Waals surface area contributed by atoms with Crippen LogP contribution in [-0.2, 0) is 16.0 Å². The van der Waals surface area contributed by atoms with Gasteiger partial charge in [0.05, 0.1) is 0 Å². The summed E-state index contributed by atoms with van der Waals surface area (Å²) in [7, 11) is 0. The molecule has 33 heavy (non-hydrogen) atoms. The quantitative estimate of drug-likeness (QED) is 0.558. The van der Waals surface area contributed by atoms with E-state index in [4.69, 9.17) is 0 Å². The molecule has 1 aromatic rings. The molecule has 178 valence electrons. The number of rotatable bonds is 5. The van der Waals surface area contributed by atoms with Crippen LogP contribution in [0.2, 0.25) is 0 Å². The first-order valence-corrected chi connectivity index (χ1v) is 13.6. The average molecular weight is 468 g/mol. The summed E-state index contributed by atoms with van der Waals surface area (Å²) < 4.78 is 0. The van der Waals surface area contributed by atoms with Crippen molar-refractivity contribution in [3.8, 4) is 0 Å². The second-order valence-corrected chi connectivity index (χ2v) is 12.6. The van der Waals surface area contributed by atoms with Crippen molar-refractivity contribution in [1.82, 2.24) is 5.32 Å². The topological polar surface area (TPSA) is 66.4 Å². The lowest BCUT2D eigenvalue weighted by molar-refractivity contribution is -0.133. The highest BCUT2D eigenvalue weighted by molar-refractivity contribution is 7.09. The zero-order chi connectivity index (χ0) is 23.4. The van der Waals surface area contributed by atoms with Crippen molar-refractivity contribution in [2.75, 3.05) is 0 Å². The predicted octanol–water partition coefficient (Wildman–Crippen LogP) is 6.00. The molecule has 2 N–H and O–H groups in total. The molecule has 2 saturated carbocycles. The van der Waals surface area contributed by atoms with E-state index in [9.17, 15) is 14.7 Å². The van der Waals surface area contributed by atoms with Crippen LogP contribution in [0.3, 0.4) is 0 Å². The fraction of sp³-hybridized carbons (Fsp3) is 0.643. The Morgan fingerprint density at radius 3 is 2.76 bits per heavy atom. The Bertz CT molecular complexity index is 995. The van der Waals surface area contributed by atoms with Crippen LogP contribution in [0.5, 0.6) is 0 Å². The maximum atomic E-state index is 13.4. The molecule has 1 unspecified atom stereocenters. The van der Waals surface area contributed by atoms with E-state index in [0.717, 1.165) is 44.9 Å². The van der Waals surface area contributed by atoms with E-state index < -0.39 is 5.97 Å². The summed E-state index contributed by atoms with van der Waals surface area (Å²) in [5.74, 6) is 1.39. The number of carboxylic acids is 1. The van der Waals surface area contributed by atoms with Gasteiger partial charge in [-0.15, -0.1) is 11.3 Å². The third-order valence-electron chi connectivity index (χ3n) is 9.84. The Morgan fingerprint density at radius 1 is 1.21 bits per heavy atom. The zero-order valence-electron chi connectivity index (χ0n) is 20.1. The van der Waals surface area contributed by atoms with Crippen molar-refractivity contribution in [3.05, 3.63) is 45.7 Å². The molecule has 0 aromatic carbocycles. The fourth-order valence-electron chi connectivity index (χ4n) is 8.05. The Kier molecular flexibility index (Phi) is 5.83. The van der Waals surface area contributed by atoms with E-state index in [0.29, 0.717) is 29.7 Å². The normalized spacial score (nSPS) is 38.3. The van der Waals surface area contributed by atoms with Crippen molar-refractivity contribution >= 4 is 23.2 Å². The van der Waals surface area contributed by atoms with Crippen molar-refractivity contribution in [1.29, 1.82) is 0 Å². The number of carbonyl (C=O) groups excluding carboxylic acids is 1. The van der Waals surface area contributed by atoms with E-state index in [1.54, 1.807) is 11.3 Å². The van der Waals surface area contributed by atoms with Crippen LogP contribution in [0.4, 0.5) is 0 Å². The maximum Gasteiger partial charge on any atom is 0.331 e. The number of carboxylic acid groups (broad SMARTS) is 1. The van der Waals surface area contributed by atoms with Crippen LogP contribution in [-0.4, -0.2) is 23.0 Å². The van der Waals surface area contributed by atoms with Crippen molar-refractivity contribution < 1.29 is 14.7 Å². The van der Waals surface area contributed by atoms with Gasteiger partial charge in [0.15, 0.2) is 0 Å². The number of hydrogen-bond acceptors (Lipinski definition) is 3. The molecule has 1 aromatic heterocycles. The summed E-state index contributed by atoms with van der Waals surface area (Å²) in [5, 5.41) is 14.9. The largest absolute Gasteiger partial charge is 0.478 e. The molecule has 5 rings (SSSR count). The van der Waals surface area contributed by atoms with E-state index in [-0.39, 0.29) is 28.7 Å². The SMILES string of the molecule is CC(Cc1cccs1)NC(=O)[C@H]1CC[C@H]2[C@@H]3CC=C4C=C(C(=O)O)CC[C@]4(C)[C@H]3CC[C@]12C. The highest BCUT2D eigenvalue weighted by Gasteiger charge is 2.59. The first kappa shape index (κ1) is 22.9. The average Bonchev–Trinajstić information content (AvgIpc) is 3.39. The van der Waals surface area contributed by atoms with Crippen LogP contribution in [0.1, 0.15) is 70.6 Å². The van der Waals surface area contributed by atoms with Crippen LogP contribution < -0.4 is 5.32 Å². The molecule has 4 nitrogen and oxygen atoms in total. The Labute approximate surface area is 201 Å². The monoisotopic (exact) mass is 467 g/mol. The minimum Gasteiger partial charge on any atom is -0.478 e. The highest BCUT2D eigenvalue weighted by atomic mass is 32.1. The molecule has 0 radical (unpaired) electrons. The number of aliphatic carboxylic acids is 1. The second kappa shape index (κ2) is 8.41. The predicted molar refractivity (Wildman–Crippen MR) is 132 cm³/mol. The summed E-state index contributed by atoms with van der Waals surface area (Å²) in [6, 6.07) is 4.38. The molecule has 1 amide bonds. The third kappa shape index (κ3) is 3.80. The molecule has 0 spiro atoms. The summed E-state index contributed by atoms with van der Waals surface area (Å²) in [6.07, 6.45) is 12.2. The number of carbonyl (C=O) groups is 2. The number of allylic oxidation sites excluding steroid dienone is 3. The summed E-state index contributed by atoms with van der Waals surface area (Å²) in [6.45, 7) is 6.89. The first-order valence-electron chi connectivity index (χ1n) is 12.7. The second-order valence-electron chi connectivity index (χ2n) is 11.5. The van der Waals surface area contributed by atoms with Crippen molar-refractivity contribution in [2.24, 2.45) is 34.5 Å².